The van der Waals surface area contributed by atoms with Crippen LogP contribution >= 0.6 is 0 Å². The second kappa shape index (κ2) is 13.7. The highest BCUT2D eigenvalue weighted by Gasteiger charge is 2.36. The summed E-state index contributed by atoms with van der Waals surface area (Å²) in [4.78, 5) is 73.2. The zero-order chi connectivity index (χ0) is 30.9. The van der Waals surface area contributed by atoms with Crippen molar-refractivity contribution in [3.05, 3.63) is 106 Å². The smallest absolute Gasteiger partial charge is 0.339 e. The summed E-state index contributed by atoms with van der Waals surface area (Å²) in [5.41, 5.74) is -3.04. The molecule has 3 aromatic carbocycles. The lowest BCUT2D eigenvalue weighted by Crippen LogP contribution is -2.39. The SMILES string of the molecule is CCC(COC(=O)c1ccccc1C(=O)O)(COC(=O)c1ccccc1C(=O)O)COC(=O)c1ccccc1C(=O)O. The molecule has 0 aliphatic carbocycles. The number of esters is 3. The number of carboxylic acids is 3. The number of rotatable bonds is 13. The van der Waals surface area contributed by atoms with Crippen LogP contribution in [-0.4, -0.2) is 71.0 Å². The molecule has 0 unspecified atom stereocenters. The van der Waals surface area contributed by atoms with Gasteiger partial charge in [0.25, 0.3) is 0 Å². The average molecular weight is 579 g/mol. The van der Waals surface area contributed by atoms with Gasteiger partial charge in [-0.2, -0.15) is 0 Å². The van der Waals surface area contributed by atoms with E-state index in [2.05, 4.69) is 0 Å². The molecule has 0 radical (unpaired) electrons. The molecule has 0 heterocycles. The molecule has 0 saturated heterocycles. The second-order valence-electron chi connectivity index (χ2n) is 9.13. The maximum atomic E-state index is 12.9. The Morgan fingerprint density at radius 2 is 0.738 bits per heavy atom. The summed E-state index contributed by atoms with van der Waals surface area (Å²) in [5, 5.41) is 28.2. The van der Waals surface area contributed by atoms with Gasteiger partial charge >= 0.3 is 35.8 Å². The molecule has 0 aliphatic heterocycles. The number of ether oxygens (including phenoxy) is 3. The highest BCUT2D eigenvalue weighted by atomic mass is 16.6. The molecule has 0 amide bonds. The minimum absolute atomic E-state index is 0.0859. The van der Waals surface area contributed by atoms with Crippen LogP contribution in [0, 0.1) is 5.41 Å². The number of hydrogen-bond acceptors (Lipinski definition) is 9. The predicted molar refractivity (Wildman–Crippen MR) is 144 cm³/mol. The van der Waals surface area contributed by atoms with Gasteiger partial charge in [0, 0.05) is 0 Å². The van der Waals surface area contributed by atoms with Gasteiger partial charge in [-0.15, -0.1) is 0 Å². The summed E-state index contributed by atoms with van der Waals surface area (Å²) in [6.07, 6.45) is 0.0859. The van der Waals surface area contributed by atoms with Gasteiger partial charge in [-0.1, -0.05) is 43.3 Å². The van der Waals surface area contributed by atoms with Crippen LogP contribution in [0.15, 0.2) is 72.8 Å². The minimum atomic E-state index is -1.39. The Balaban J connectivity index is 1.87. The number of aromatic carboxylic acids is 3. The fourth-order valence-electron chi connectivity index (χ4n) is 3.86. The van der Waals surface area contributed by atoms with Gasteiger partial charge in [-0.25, -0.2) is 28.8 Å². The van der Waals surface area contributed by atoms with Crippen molar-refractivity contribution in [1.82, 2.24) is 0 Å². The van der Waals surface area contributed by atoms with Gasteiger partial charge in [-0.3, -0.25) is 0 Å². The number of hydrogen-bond donors (Lipinski definition) is 3. The third kappa shape index (κ3) is 7.36. The Kier molecular flexibility index (Phi) is 10.1. The van der Waals surface area contributed by atoms with E-state index in [0.29, 0.717) is 0 Å². The van der Waals surface area contributed by atoms with E-state index >= 15 is 0 Å². The summed E-state index contributed by atoms with van der Waals surface area (Å²) < 4.78 is 16.2. The summed E-state index contributed by atoms with van der Waals surface area (Å²) in [7, 11) is 0. The van der Waals surface area contributed by atoms with Crippen LogP contribution in [0.25, 0.3) is 0 Å². The molecular weight excluding hydrogens is 552 g/mol. The van der Waals surface area contributed by atoms with Crippen LogP contribution in [0.1, 0.15) is 75.5 Å². The highest BCUT2D eigenvalue weighted by Crippen LogP contribution is 2.27. The summed E-state index contributed by atoms with van der Waals surface area (Å²) in [6.45, 7) is 0.0745. The van der Waals surface area contributed by atoms with Crippen molar-refractivity contribution in [2.24, 2.45) is 5.41 Å². The van der Waals surface area contributed by atoms with Crippen molar-refractivity contribution in [2.75, 3.05) is 19.8 Å². The van der Waals surface area contributed by atoms with Crippen LogP contribution in [-0.2, 0) is 14.2 Å². The lowest BCUT2D eigenvalue weighted by Gasteiger charge is -2.31. The molecule has 12 heteroatoms. The first-order valence-corrected chi connectivity index (χ1v) is 12.5. The lowest BCUT2D eigenvalue weighted by atomic mass is 9.87. The van der Waals surface area contributed by atoms with Gasteiger partial charge in [0.15, 0.2) is 0 Å². The van der Waals surface area contributed by atoms with Gasteiger partial charge < -0.3 is 29.5 Å². The van der Waals surface area contributed by atoms with E-state index in [-0.39, 0.29) is 39.8 Å². The fraction of sp³-hybridized carbons (Fsp3) is 0.200. The summed E-state index contributed by atoms with van der Waals surface area (Å²) >= 11 is 0. The maximum absolute atomic E-state index is 12.9. The quantitative estimate of drug-likeness (QED) is 0.195. The fourth-order valence-corrected chi connectivity index (χ4v) is 3.86. The zero-order valence-electron chi connectivity index (χ0n) is 22.3. The third-order valence-corrected chi connectivity index (χ3v) is 6.41. The van der Waals surface area contributed by atoms with E-state index in [0.717, 1.165) is 0 Å². The van der Waals surface area contributed by atoms with Gasteiger partial charge in [-0.05, 0) is 42.8 Å². The Bertz CT molecular complexity index is 1350. The molecule has 0 atom stereocenters. The molecular formula is C30H26O12. The largest absolute Gasteiger partial charge is 0.478 e. The summed E-state index contributed by atoms with van der Waals surface area (Å²) in [5.74, 6) is -7.09. The molecule has 0 saturated carbocycles. The Morgan fingerprint density at radius 3 is 0.952 bits per heavy atom. The molecule has 42 heavy (non-hydrogen) atoms. The monoisotopic (exact) mass is 578 g/mol. The maximum Gasteiger partial charge on any atom is 0.339 e. The molecule has 0 spiro atoms. The second-order valence-corrected chi connectivity index (χ2v) is 9.13. The Morgan fingerprint density at radius 1 is 0.500 bits per heavy atom. The molecule has 0 aromatic heterocycles. The predicted octanol–water partition coefficient (Wildman–Crippen LogP) is 4.05. The van der Waals surface area contributed by atoms with Crippen LogP contribution < -0.4 is 0 Å². The van der Waals surface area contributed by atoms with Gasteiger partial charge in [0.05, 0.1) is 38.8 Å². The Labute approximate surface area is 239 Å². The van der Waals surface area contributed by atoms with E-state index in [4.69, 9.17) is 14.2 Å². The van der Waals surface area contributed by atoms with E-state index in [9.17, 15) is 44.1 Å². The standard InChI is InChI=1S/C30H26O12/c1-2-30(15-40-27(37)21-12-6-3-9-18(21)24(31)32,16-41-28(38)22-13-7-4-10-19(22)25(33)34)17-42-29(39)23-14-8-5-11-20(23)26(35)36/h3-14H,2,15-17H2,1H3,(H,31,32)(H,33,34)(H,35,36). The van der Waals surface area contributed by atoms with Crippen LogP contribution in [0.2, 0.25) is 0 Å². The number of carbonyl (C=O) groups excluding carboxylic acids is 3. The molecule has 12 nitrogen and oxygen atoms in total. The van der Waals surface area contributed by atoms with Crippen molar-refractivity contribution >= 4 is 35.8 Å². The zero-order valence-corrected chi connectivity index (χ0v) is 22.3. The van der Waals surface area contributed by atoms with E-state index in [1.165, 1.54) is 72.8 Å². The molecule has 218 valence electrons. The molecule has 0 fully saturated rings. The average Bonchev–Trinajstić information content (AvgIpc) is 3.00. The summed E-state index contributed by atoms with van der Waals surface area (Å²) in [6, 6.07) is 16.0. The van der Waals surface area contributed by atoms with Crippen LogP contribution in [0.3, 0.4) is 0 Å². The molecule has 0 aliphatic rings. The topological polar surface area (TPSA) is 191 Å². The van der Waals surface area contributed by atoms with Crippen LogP contribution in [0.4, 0.5) is 0 Å². The van der Waals surface area contributed by atoms with Gasteiger partial charge in [0.1, 0.15) is 19.8 Å². The third-order valence-electron chi connectivity index (χ3n) is 6.41. The van der Waals surface area contributed by atoms with Crippen molar-refractivity contribution in [3.63, 3.8) is 0 Å². The first-order valence-electron chi connectivity index (χ1n) is 12.5. The number of carboxylic acid groups (broad SMARTS) is 3. The van der Waals surface area contributed by atoms with Gasteiger partial charge in [0.2, 0.25) is 0 Å². The van der Waals surface area contributed by atoms with Crippen molar-refractivity contribution in [1.29, 1.82) is 0 Å². The molecule has 3 N–H and O–H groups in total. The van der Waals surface area contributed by atoms with Crippen molar-refractivity contribution in [2.45, 2.75) is 13.3 Å². The first kappa shape index (κ1) is 31.0. The normalized spacial score (nSPS) is 10.8. The van der Waals surface area contributed by atoms with E-state index < -0.39 is 61.1 Å². The molecule has 3 rings (SSSR count). The van der Waals surface area contributed by atoms with Crippen molar-refractivity contribution in [3.8, 4) is 0 Å². The minimum Gasteiger partial charge on any atom is -0.478 e. The molecule has 0 bridgehead atoms. The van der Waals surface area contributed by atoms with E-state index in [1.807, 2.05) is 0 Å². The highest BCUT2D eigenvalue weighted by molar-refractivity contribution is 6.03. The molecule has 3 aromatic rings. The Hall–Kier alpha value is -5.52. The number of carbonyl (C=O) groups is 6. The first-order chi connectivity index (χ1) is 20.0. The van der Waals surface area contributed by atoms with E-state index in [1.54, 1.807) is 6.92 Å². The lowest BCUT2D eigenvalue weighted by molar-refractivity contribution is -0.0384. The van der Waals surface area contributed by atoms with Crippen LogP contribution in [0.5, 0.6) is 0 Å². The number of benzene rings is 3. The van der Waals surface area contributed by atoms with Crippen molar-refractivity contribution < 1.29 is 58.3 Å².